The van der Waals surface area contributed by atoms with E-state index in [9.17, 15) is 29.8 Å². The monoisotopic (exact) mass is 334 g/mol. The Labute approximate surface area is 134 Å². The largest absolute Gasteiger partial charge is 0.507 e. The number of para-hydroxylation sites is 1. The summed E-state index contributed by atoms with van der Waals surface area (Å²) in [5.41, 5.74) is -0.131. The second kappa shape index (κ2) is 8.58. The van der Waals surface area contributed by atoms with Gasteiger partial charge in [0.25, 0.3) is 10.8 Å². The quantitative estimate of drug-likeness (QED) is 0.496. The fourth-order valence-corrected chi connectivity index (χ4v) is 1.49. The van der Waals surface area contributed by atoms with Crippen molar-refractivity contribution in [2.75, 3.05) is 0 Å². The highest BCUT2D eigenvalue weighted by Crippen LogP contribution is 2.20. The summed E-state index contributed by atoms with van der Waals surface area (Å²) in [7, 11) is 0. The summed E-state index contributed by atoms with van der Waals surface area (Å²) in [5, 5.41) is 28.1. The molecule has 2 aromatic carbocycles. The Kier molecular flexibility index (Phi) is 6.52. The summed E-state index contributed by atoms with van der Waals surface area (Å²) in [4.78, 5) is 44.1. The Bertz CT molecular complexity index is 775. The topological polar surface area (TPSA) is 150 Å². The summed E-state index contributed by atoms with van der Waals surface area (Å²) < 4.78 is 0. The third-order valence-corrected chi connectivity index (χ3v) is 2.57. The number of nitro benzene ring substituents is 1. The Morgan fingerprint density at radius 1 is 0.958 bits per heavy atom. The first-order chi connectivity index (χ1) is 11.4. The number of non-ortho nitro benzene ring substituents is 1. The van der Waals surface area contributed by atoms with E-state index in [-0.39, 0.29) is 28.3 Å². The zero-order valence-electron chi connectivity index (χ0n) is 11.9. The van der Waals surface area contributed by atoms with E-state index in [0.717, 1.165) is 18.2 Å². The molecule has 1 N–H and O–H groups in total. The van der Waals surface area contributed by atoms with Gasteiger partial charge in [0.2, 0.25) is 0 Å². The lowest BCUT2D eigenvalue weighted by Gasteiger charge is -1.99. The van der Waals surface area contributed by atoms with Crippen LogP contribution in [0.25, 0.3) is 0 Å². The van der Waals surface area contributed by atoms with Gasteiger partial charge in [-0.05, 0) is 18.2 Å². The van der Waals surface area contributed by atoms with Gasteiger partial charge in [0, 0.05) is 17.7 Å². The molecule has 2 aromatic rings. The number of aromatic hydroxyl groups is 1. The van der Waals surface area contributed by atoms with Gasteiger partial charge in [0.05, 0.1) is 10.5 Å². The van der Waals surface area contributed by atoms with E-state index in [1.165, 1.54) is 12.1 Å². The Morgan fingerprint density at radius 3 is 2.12 bits per heavy atom. The minimum Gasteiger partial charge on any atom is -0.507 e. The zero-order valence-corrected chi connectivity index (χ0v) is 11.9. The third-order valence-electron chi connectivity index (χ3n) is 2.57. The highest BCUT2D eigenvalue weighted by molar-refractivity contribution is 5.80. The number of phenols is 1. The molecule has 0 saturated heterocycles. The second-order valence-corrected chi connectivity index (χ2v) is 4.09. The van der Waals surface area contributed by atoms with Crippen molar-refractivity contribution in [2.24, 2.45) is 0 Å². The fourth-order valence-electron chi connectivity index (χ4n) is 1.49. The lowest BCUT2D eigenvalue weighted by molar-refractivity contribution is -0.711. The molecule has 0 aliphatic heterocycles. The molecular formula is C14H10N2O8. The van der Waals surface area contributed by atoms with Crippen molar-refractivity contribution < 1.29 is 29.5 Å². The average molecular weight is 334 g/mol. The van der Waals surface area contributed by atoms with Gasteiger partial charge in [0.1, 0.15) is 11.5 Å². The van der Waals surface area contributed by atoms with Crippen LogP contribution in [0.4, 0.5) is 5.69 Å². The summed E-state index contributed by atoms with van der Waals surface area (Å²) in [6.45, 7) is 0. The molecule has 0 bridgehead atoms. The van der Waals surface area contributed by atoms with Crippen LogP contribution in [0.15, 0.2) is 42.5 Å². The number of carbonyl (C=O) groups is 2. The van der Waals surface area contributed by atoms with Crippen LogP contribution in [0.1, 0.15) is 20.7 Å². The Morgan fingerprint density at radius 2 is 1.58 bits per heavy atom. The highest BCUT2D eigenvalue weighted by Gasteiger charge is 2.08. The maximum atomic E-state index is 10.3. The summed E-state index contributed by atoms with van der Waals surface area (Å²) in [6, 6.07) is 9.19. The van der Waals surface area contributed by atoms with E-state index in [0.29, 0.717) is 12.6 Å². The number of nitro groups is 1. The van der Waals surface area contributed by atoms with E-state index in [1.807, 2.05) is 0 Å². The van der Waals surface area contributed by atoms with Crippen molar-refractivity contribution in [3.8, 4) is 11.5 Å². The van der Waals surface area contributed by atoms with Gasteiger partial charge in [-0.15, -0.1) is 10.1 Å². The van der Waals surface area contributed by atoms with E-state index >= 15 is 0 Å². The molecule has 0 atom stereocenters. The summed E-state index contributed by atoms with van der Waals surface area (Å²) in [6.07, 6.45) is 0.862. The number of nitrogens with zero attached hydrogens (tertiary/aromatic N) is 2. The van der Waals surface area contributed by atoms with Crippen molar-refractivity contribution in [2.45, 2.75) is 0 Å². The molecule has 0 unspecified atom stereocenters. The molecular weight excluding hydrogens is 324 g/mol. The van der Waals surface area contributed by atoms with E-state index < -0.39 is 10.0 Å². The van der Waals surface area contributed by atoms with Gasteiger partial charge >= 0.3 is 0 Å². The lowest BCUT2D eigenvalue weighted by atomic mass is 10.2. The number of carbonyl (C=O) groups excluding carboxylic acids is 2. The minimum absolute atomic E-state index is 0.0440. The van der Waals surface area contributed by atoms with E-state index in [2.05, 4.69) is 4.84 Å². The lowest BCUT2D eigenvalue weighted by Crippen LogP contribution is -2.05. The molecule has 124 valence electrons. The number of aldehydes is 2. The second-order valence-electron chi connectivity index (χ2n) is 4.09. The third kappa shape index (κ3) is 5.18. The Balaban J connectivity index is 0.000000240. The molecule has 0 saturated carbocycles. The van der Waals surface area contributed by atoms with Crippen molar-refractivity contribution in [1.29, 1.82) is 0 Å². The maximum Gasteiger partial charge on any atom is 0.299 e. The first-order valence-electron chi connectivity index (χ1n) is 6.18. The number of phenolic OH excluding ortho intramolecular Hbond substituents is 1. The van der Waals surface area contributed by atoms with Crippen molar-refractivity contribution in [3.63, 3.8) is 0 Å². The van der Waals surface area contributed by atoms with E-state index in [1.54, 1.807) is 12.1 Å². The van der Waals surface area contributed by atoms with Crippen molar-refractivity contribution >= 4 is 18.3 Å². The van der Waals surface area contributed by atoms with Crippen LogP contribution in [0.5, 0.6) is 11.5 Å². The summed E-state index contributed by atoms with van der Waals surface area (Å²) in [5.74, 6) is -0.298. The van der Waals surface area contributed by atoms with Gasteiger partial charge in [-0.25, -0.2) is 0 Å². The van der Waals surface area contributed by atoms with Crippen LogP contribution < -0.4 is 4.84 Å². The van der Waals surface area contributed by atoms with Gasteiger partial charge in [-0.1, -0.05) is 12.1 Å². The predicted octanol–water partition coefficient (Wildman–Crippen LogP) is 2.18. The van der Waals surface area contributed by atoms with Crippen LogP contribution >= 0.6 is 0 Å². The Hall–Kier alpha value is -3.82. The van der Waals surface area contributed by atoms with Crippen LogP contribution in [0.3, 0.4) is 0 Å². The van der Waals surface area contributed by atoms with Gasteiger partial charge in [-0.2, -0.15) is 0 Å². The van der Waals surface area contributed by atoms with Crippen molar-refractivity contribution in [1.82, 2.24) is 0 Å². The molecule has 0 aliphatic rings. The molecule has 10 heteroatoms. The number of hydrogen-bond acceptors (Lipinski definition) is 8. The summed E-state index contributed by atoms with van der Waals surface area (Å²) >= 11 is 0. The average Bonchev–Trinajstić information content (AvgIpc) is 2.55. The SMILES string of the molecule is O=Cc1cc([N+](=O)[O-])ccc1O.O=Cc1ccccc1O[N+](=O)[O-]. The molecule has 0 aliphatic carbocycles. The minimum atomic E-state index is -0.956. The number of rotatable bonds is 5. The maximum absolute atomic E-state index is 10.3. The van der Waals surface area contributed by atoms with E-state index in [4.69, 9.17) is 5.11 Å². The molecule has 2 rings (SSSR count). The molecule has 10 nitrogen and oxygen atoms in total. The predicted molar refractivity (Wildman–Crippen MR) is 79.6 cm³/mol. The van der Waals surface area contributed by atoms with Crippen LogP contribution in [0.2, 0.25) is 0 Å². The van der Waals surface area contributed by atoms with Crippen LogP contribution in [-0.4, -0.2) is 27.7 Å². The first kappa shape index (κ1) is 18.2. The standard InChI is InChI=1S/2C7H5NO4/c9-4-5-3-6(8(11)12)1-2-7(5)10;9-5-6-3-1-2-4-7(6)12-8(10)11/h1-4,10H;1-5H. The molecule has 0 fully saturated rings. The molecule has 0 aromatic heterocycles. The molecule has 0 amide bonds. The van der Waals surface area contributed by atoms with Crippen LogP contribution in [-0.2, 0) is 0 Å². The van der Waals surface area contributed by atoms with Crippen molar-refractivity contribution in [3.05, 3.63) is 73.8 Å². The fraction of sp³-hybridized carbons (Fsp3) is 0. The molecule has 24 heavy (non-hydrogen) atoms. The van der Waals surface area contributed by atoms with Gasteiger partial charge in [0.15, 0.2) is 12.6 Å². The number of hydrogen-bond donors (Lipinski definition) is 1. The molecule has 0 radical (unpaired) electrons. The first-order valence-corrected chi connectivity index (χ1v) is 6.18. The van der Waals surface area contributed by atoms with Crippen LogP contribution in [0, 0.1) is 20.2 Å². The normalized spacial score (nSPS) is 9.17. The molecule has 0 heterocycles. The number of benzene rings is 2. The molecule has 0 spiro atoms. The highest BCUT2D eigenvalue weighted by atomic mass is 17.0. The van der Waals surface area contributed by atoms with Gasteiger partial charge in [-0.3, -0.25) is 24.5 Å². The zero-order chi connectivity index (χ0) is 18.1. The van der Waals surface area contributed by atoms with Gasteiger partial charge < -0.3 is 5.11 Å². The smallest absolute Gasteiger partial charge is 0.299 e.